The van der Waals surface area contributed by atoms with Crippen molar-refractivity contribution in [3.63, 3.8) is 0 Å². The van der Waals surface area contributed by atoms with Gasteiger partial charge in [0.15, 0.2) is 5.65 Å². The van der Waals surface area contributed by atoms with Gasteiger partial charge in [-0.3, -0.25) is 0 Å². The molecule has 11 nitrogen and oxygen atoms in total. The number of pyridine rings is 1. The number of nitrogens with one attached hydrogen (secondary N) is 3. The lowest BCUT2D eigenvalue weighted by atomic mass is 9.89. The summed E-state index contributed by atoms with van der Waals surface area (Å²) < 4.78 is 12.6. The Kier molecular flexibility index (Phi) is 4.16. The maximum absolute atomic E-state index is 12.8. The first-order valence-corrected chi connectivity index (χ1v) is 9.32. The highest BCUT2D eigenvalue weighted by Crippen LogP contribution is 2.28. The third-order valence-electron chi connectivity index (χ3n) is 5.16. The van der Waals surface area contributed by atoms with Crippen molar-refractivity contribution in [3.8, 4) is 6.01 Å². The van der Waals surface area contributed by atoms with Crippen molar-refractivity contribution in [2.24, 2.45) is 0 Å². The third kappa shape index (κ3) is 3.09. The van der Waals surface area contributed by atoms with Gasteiger partial charge in [0.2, 0.25) is 0 Å². The number of carbonyl (C=O) groups excluding carboxylic acids is 1. The first-order chi connectivity index (χ1) is 14.1. The fourth-order valence-electron chi connectivity index (χ4n) is 3.48. The maximum Gasteiger partial charge on any atom is 0.328 e. The lowest BCUT2D eigenvalue weighted by molar-refractivity contribution is -0.0336. The van der Waals surface area contributed by atoms with E-state index in [2.05, 4.69) is 35.9 Å². The molecule has 4 bridgehead atoms. The largest absolute Gasteiger partial charge is 0.467 e. The number of hydrogen-bond donors (Lipinski definition) is 3. The molecular weight excluding hydrogens is 376 g/mol. The summed E-state index contributed by atoms with van der Waals surface area (Å²) in [6.07, 6.45) is 3.12. The van der Waals surface area contributed by atoms with Gasteiger partial charge in [-0.05, 0) is 12.8 Å². The summed E-state index contributed by atoms with van der Waals surface area (Å²) in [6.45, 7) is 0.287. The molecule has 0 spiro atoms. The van der Waals surface area contributed by atoms with E-state index < -0.39 is 0 Å². The smallest absolute Gasteiger partial charge is 0.328 e. The van der Waals surface area contributed by atoms with Crippen molar-refractivity contribution >= 4 is 34.5 Å². The lowest BCUT2D eigenvalue weighted by Gasteiger charge is -2.36. The van der Waals surface area contributed by atoms with Crippen molar-refractivity contribution < 1.29 is 14.3 Å². The number of nitrogens with zero attached hydrogens (tertiary/aromatic N) is 5. The molecule has 2 aliphatic rings. The Hall–Kier alpha value is -3.47. The average molecular weight is 396 g/mol. The van der Waals surface area contributed by atoms with E-state index in [4.69, 9.17) is 9.47 Å². The van der Waals surface area contributed by atoms with Crippen molar-refractivity contribution in [1.29, 1.82) is 0 Å². The number of amides is 1. The van der Waals surface area contributed by atoms with Crippen LogP contribution in [0.25, 0.3) is 11.2 Å². The molecule has 3 aromatic heterocycles. The number of anilines is 3. The summed E-state index contributed by atoms with van der Waals surface area (Å²) in [5.74, 6) is 1.02. The van der Waals surface area contributed by atoms with E-state index >= 15 is 0 Å². The zero-order valence-corrected chi connectivity index (χ0v) is 16.0. The van der Waals surface area contributed by atoms with Crippen LogP contribution in [0.5, 0.6) is 6.01 Å². The summed E-state index contributed by atoms with van der Waals surface area (Å²) in [6, 6.07) is 3.47. The fraction of sp³-hybridized carbons (Fsp3) is 0.389. The Morgan fingerprint density at radius 3 is 2.86 bits per heavy atom. The Morgan fingerprint density at radius 1 is 1.24 bits per heavy atom. The molecule has 1 aliphatic carbocycles. The molecule has 1 fully saturated rings. The summed E-state index contributed by atoms with van der Waals surface area (Å²) >= 11 is 0. The highest BCUT2D eigenvalue weighted by atomic mass is 16.5. The van der Waals surface area contributed by atoms with Gasteiger partial charge >= 0.3 is 12.0 Å². The zero-order chi connectivity index (χ0) is 20.0. The van der Waals surface area contributed by atoms with Crippen LogP contribution in [0.4, 0.5) is 22.1 Å². The quantitative estimate of drug-likeness (QED) is 0.592. The average Bonchev–Trinajstić information content (AvgIpc) is 3.13. The van der Waals surface area contributed by atoms with E-state index in [0.29, 0.717) is 28.5 Å². The van der Waals surface area contributed by atoms with Crippen LogP contribution in [0.1, 0.15) is 18.5 Å². The minimum Gasteiger partial charge on any atom is -0.467 e. The predicted octanol–water partition coefficient (Wildman–Crippen LogP) is 1.63. The van der Waals surface area contributed by atoms with Crippen molar-refractivity contribution in [2.45, 2.75) is 31.6 Å². The van der Waals surface area contributed by atoms with E-state index in [-0.39, 0.29) is 30.8 Å². The van der Waals surface area contributed by atoms with Gasteiger partial charge in [-0.2, -0.15) is 9.97 Å². The van der Waals surface area contributed by atoms with E-state index in [1.54, 1.807) is 19.2 Å². The van der Waals surface area contributed by atoms with E-state index in [9.17, 15) is 4.79 Å². The molecule has 150 valence electrons. The highest BCUT2D eigenvalue weighted by Gasteiger charge is 2.34. The van der Waals surface area contributed by atoms with Gasteiger partial charge in [-0.25, -0.2) is 19.3 Å². The van der Waals surface area contributed by atoms with Gasteiger partial charge in [-0.1, -0.05) is 0 Å². The number of methoxy groups -OCH3 is 1. The van der Waals surface area contributed by atoms with E-state index in [0.717, 1.165) is 18.5 Å². The summed E-state index contributed by atoms with van der Waals surface area (Å²) in [7, 11) is 3.31. The molecular formula is C18H20N8O3. The van der Waals surface area contributed by atoms with Gasteiger partial charge < -0.3 is 25.4 Å². The second kappa shape index (κ2) is 6.85. The second-order valence-corrected chi connectivity index (χ2v) is 6.93. The molecule has 2 atom stereocenters. The van der Waals surface area contributed by atoms with Crippen LogP contribution in [0.2, 0.25) is 0 Å². The van der Waals surface area contributed by atoms with Gasteiger partial charge in [-0.15, -0.1) is 0 Å². The second-order valence-electron chi connectivity index (χ2n) is 6.93. The monoisotopic (exact) mass is 396 g/mol. The van der Waals surface area contributed by atoms with Crippen molar-refractivity contribution in [2.75, 3.05) is 24.8 Å². The molecule has 3 aromatic rings. The molecule has 0 radical (unpaired) electrons. The van der Waals surface area contributed by atoms with Gasteiger partial charge in [0.1, 0.15) is 23.5 Å². The first kappa shape index (κ1) is 17.6. The van der Waals surface area contributed by atoms with Gasteiger partial charge in [0.25, 0.3) is 0 Å². The number of rotatable bonds is 2. The van der Waals surface area contributed by atoms with E-state index in [1.807, 2.05) is 0 Å². The van der Waals surface area contributed by atoms with Gasteiger partial charge in [0, 0.05) is 19.2 Å². The molecule has 0 aromatic carbocycles. The number of fused-ring (bicyclic) bond motifs is 4. The van der Waals surface area contributed by atoms with Crippen LogP contribution in [0.3, 0.4) is 0 Å². The normalized spacial score (nSPS) is 20.8. The standard InChI is InChI=1S/C18H20N8O3/c1-19-11-6-14-23-13-5-9(21-17(25-13)28-2)7-29-12-4-3-10(12)22-18(27)26-8-20-15(11)16(26)24-14/h5-6,8,10,12H,3-4,7H2,1-2H3,(H,22,27)(H2,19,21,23,24,25)/t10-,12-/m1/s1. The first-order valence-electron chi connectivity index (χ1n) is 9.32. The molecule has 1 saturated carbocycles. The number of ether oxygens (including phenoxy) is 2. The minimum atomic E-state index is -0.286. The molecule has 1 amide bonds. The van der Waals surface area contributed by atoms with Crippen LogP contribution < -0.4 is 20.7 Å². The van der Waals surface area contributed by atoms with Crippen LogP contribution in [-0.2, 0) is 11.3 Å². The summed E-state index contributed by atoms with van der Waals surface area (Å²) in [4.78, 5) is 30.5. The Labute approximate surface area is 165 Å². The zero-order valence-electron chi connectivity index (χ0n) is 16.0. The van der Waals surface area contributed by atoms with Crippen molar-refractivity contribution in [3.05, 3.63) is 24.2 Å². The molecule has 0 unspecified atom stereocenters. The highest BCUT2D eigenvalue weighted by molar-refractivity contribution is 5.94. The molecule has 29 heavy (non-hydrogen) atoms. The third-order valence-corrected chi connectivity index (χ3v) is 5.16. The van der Waals surface area contributed by atoms with Crippen LogP contribution >= 0.6 is 0 Å². The Morgan fingerprint density at radius 2 is 2.10 bits per heavy atom. The molecule has 3 N–H and O–H groups in total. The predicted molar refractivity (Wildman–Crippen MR) is 104 cm³/mol. The van der Waals surface area contributed by atoms with Crippen LogP contribution in [-0.4, -0.2) is 56.8 Å². The summed E-state index contributed by atoms with van der Waals surface area (Å²) in [5.41, 5.74) is 2.45. The Bertz CT molecular complexity index is 1100. The maximum atomic E-state index is 12.8. The Balaban J connectivity index is 1.65. The fourth-order valence-corrected chi connectivity index (χ4v) is 3.48. The topological polar surface area (TPSA) is 128 Å². The molecule has 11 heteroatoms. The van der Waals surface area contributed by atoms with Gasteiger partial charge in [0.05, 0.1) is 37.2 Å². The number of imidazole rings is 1. The molecule has 5 rings (SSSR count). The molecule has 1 aliphatic heterocycles. The van der Waals surface area contributed by atoms with Crippen LogP contribution in [0.15, 0.2) is 18.5 Å². The minimum absolute atomic E-state index is 0.0730. The van der Waals surface area contributed by atoms with Crippen LogP contribution in [0, 0.1) is 0 Å². The number of carbonyl (C=O) groups is 1. The number of hydrogen-bond acceptors (Lipinski definition) is 9. The number of aromatic nitrogens is 5. The van der Waals surface area contributed by atoms with E-state index in [1.165, 1.54) is 18.0 Å². The molecule has 4 heterocycles. The SMILES string of the molecule is CNc1cc2nc3c1ncn3C(=O)N[C@@H]1CC[C@H]1OCc1cc(nc(OC)n1)N2. The lowest BCUT2D eigenvalue weighted by Crippen LogP contribution is -2.52. The summed E-state index contributed by atoms with van der Waals surface area (Å²) in [5, 5.41) is 9.27. The molecule has 0 saturated heterocycles. The van der Waals surface area contributed by atoms with Crippen molar-refractivity contribution in [1.82, 2.24) is 29.8 Å².